The topological polar surface area (TPSA) is 52.2 Å². The molecular formula is C18H20N4O. The highest BCUT2D eigenvalue weighted by Crippen LogP contribution is 2.38. The van der Waals surface area contributed by atoms with Crippen molar-refractivity contribution in [3.05, 3.63) is 64.3 Å². The molecule has 1 aliphatic carbocycles. The first kappa shape index (κ1) is 14.2. The molecule has 118 valence electrons. The van der Waals surface area contributed by atoms with E-state index >= 15 is 0 Å². The fraction of sp³-hybridized carbons (Fsp3) is 0.389. The molecule has 1 fully saturated rings. The molecule has 0 spiro atoms. The maximum atomic E-state index is 12.1. The summed E-state index contributed by atoms with van der Waals surface area (Å²) in [4.78, 5) is 20.7. The van der Waals surface area contributed by atoms with Crippen molar-refractivity contribution < 1.29 is 0 Å². The zero-order valence-electron chi connectivity index (χ0n) is 13.2. The maximum Gasteiger partial charge on any atom is 0.274 e. The maximum absolute atomic E-state index is 12.1. The molecule has 3 aromatic rings. The highest BCUT2D eigenvalue weighted by molar-refractivity contribution is 5.26. The number of rotatable bonds is 3. The third-order valence-electron chi connectivity index (χ3n) is 4.93. The highest BCUT2D eigenvalue weighted by atomic mass is 16.1. The van der Waals surface area contributed by atoms with Crippen LogP contribution in [0.4, 0.5) is 0 Å². The van der Waals surface area contributed by atoms with Crippen LogP contribution in [0.25, 0.3) is 5.78 Å². The molecule has 1 saturated carbocycles. The molecule has 0 bridgehead atoms. The third-order valence-corrected chi connectivity index (χ3v) is 4.93. The van der Waals surface area contributed by atoms with Crippen LogP contribution in [0.3, 0.4) is 0 Å². The Hall–Kier alpha value is -2.43. The first-order chi connectivity index (χ1) is 11.2. The van der Waals surface area contributed by atoms with Crippen molar-refractivity contribution in [3.8, 4) is 0 Å². The van der Waals surface area contributed by atoms with Crippen LogP contribution >= 0.6 is 0 Å². The summed E-state index contributed by atoms with van der Waals surface area (Å²) in [6.45, 7) is 2.77. The normalized spacial score (nSPS) is 21.1. The summed E-state index contributed by atoms with van der Waals surface area (Å²) in [5.41, 5.74) is 1.37. The molecule has 4 rings (SSSR count). The van der Waals surface area contributed by atoms with Gasteiger partial charge in [-0.05, 0) is 43.6 Å². The Morgan fingerprint density at radius 2 is 2.00 bits per heavy atom. The Kier molecular flexibility index (Phi) is 3.48. The van der Waals surface area contributed by atoms with Crippen molar-refractivity contribution in [1.82, 2.24) is 19.2 Å². The molecule has 0 radical (unpaired) electrons. The average Bonchev–Trinajstić information content (AvgIpc) is 3.15. The van der Waals surface area contributed by atoms with E-state index in [0.29, 0.717) is 17.6 Å². The lowest BCUT2D eigenvalue weighted by Crippen LogP contribution is -2.23. The van der Waals surface area contributed by atoms with E-state index in [1.54, 1.807) is 4.52 Å². The van der Waals surface area contributed by atoms with Gasteiger partial charge < -0.3 is 0 Å². The third kappa shape index (κ3) is 2.56. The molecule has 5 nitrogen and oxygen atoms in total. The van der Waals surface area contributed by atoms with Crippen LogP contribution in [-0.4, -0.2) is 19.2 Å². The van der Waals surface area contributed by atoms with Crippen molar-refractivity contribution in [2.75, 3.05) is 0 Å². The number of benzene rings is 1. The lowest BCUT2D eigenvalue weighted by atomic mass is 9.96. The Labute approximate surface area is 134 Å². The van der Waals surface area contributed by atoms with Gasteiger partial charge in [-0.1, -0.05) is 30.3 Å². The fourth-order valence-electron chi connectivity index (χ4n) is 3.77. The molecular weight excluding hydrogens is 288 g/mol. The van der Waals surface area contributed by atoms with Crippen molar-refractivity contribution in [3.63, 3.8) is 0 Å². The van der Waals surface area contributed by atoms with Gasteiger partial charge in [0.05, 0.1) is 0 Å². The summed E-state index contributed by atoms with van der Waals surface area (Å²) in [6, 6.07) is 12.2. The predicted molar refractivity (Wildman–Crippen MR) is 88.5 cm³/mol. The molecule has 0 N–H and O–H groups in total. The fourth-order valence-corrected chi connectivity index (χ4v) is 3.77. The molecule has 2 heterocycles. The van der Waals surface area contributed by atoms with Crippen LogP contribution < -0.4 is 5.56 Å². The van der Waals surface area contributed by atoms with Crippen LogP contribution in [0.2, 0.25) is 0 Å². The minimum absolute atomic E-state index is 0.0618. The van der Waals surface area contributed by atoms with Gasteiger partial charge in [0.15, 0.2) is 0 Å². The summed E-state index contributed by atoms with van der Waals surface area (Å²) in [5.74, 6) is 2.55. The van der Waals surface area contributed by atoms with Gasteiger partial charge in [-0.3, -0.25) is 9.48 Å². The van der Waals surface area contributed by atoms with E-state index in [1.165, 1.54) is 30.7 Å². The van der Waals surface area contributed by atoms with Crippen LogP contribution in [-0.2, 0) is 6.54 Å². The Bertz CT molecular complexity index is 881. The van der Waals surface area contributed by atoms with Crippen molar-refractivity contribution >= 4 is 5.78 Å². The van der Waals surface area contributed by atoms with Crippen LogP contribution in [0, 0.1) is 12.8 Å². The molecule has 0 unspecified atom stereocenters. The number of hydrogen-bond acceptors (Lipinski definition) is 3. The molecule has 5 heteroatoms. The zero-order chi connectivity index (χ0) is 15.8. The second-order valence-corrected chi connectivity index (χ2v) is 6.42. The molecule has 2 aromatic heterocycles. The Balaban J connectivity index is 1.58. The smallest absolute Gasteiger partial charge is 0.267 e. The minimum atomic E-state index is -0.0618. The summed E-state index contributed by atoms with van der Waals surface area (Å²) >= 11 is 0. The van der Waals surface area contributed by atoms with E-state index in [2.05, 4.69) is 40.3 Å². The van der Waals surface area contributed by atoms with Crippen LogP contribution in [0.15, 0.2) is 47.4 Å². The van der Waals surface area contributed by atoms with Gasteiger partial charge in [-0.2, -0.15) is 9.50 Å². The largest absolute Gasteiger partial charge is 0.274 e. The van der Waals surface area contributed by atoms with E-state index in [4.69, 9.17) is 0 Å². The first-order valence-corrected chi connectivity index (χ1v) is 8.18. The monoisotopic (exact) mass is 308 g/mol. The number of fused-ring (bicyclic) bond motifs is 1. The standard InChI is InChI=1S/C18H20N4O/c1-13-20-18-19-10-9-17(23)22(18)21(13)12-14-7-8-16(11-14)15-5-3-2-4-6-15/h2-6,9-10,14,16H,7-8,11-12H2,1H3/t14-,16-/m1/s1. The second-order valence-electron chi connectivity index (χ2n) is 6.42. The summed E-state index contributed by atoms with van der Waals surface area (Å²) < 4.78 is 3.59. The molecule has 1 aliphatic rings. The van der Waals surface area contributed by atoms with Gasteiger partial charge in [0.2, 0.25) is 0 Å². The lowest BCUT2D eigenvalue weighted by Gasteiger charge is -2.14. The van der Waals surface area contributed by atoms with E-state index in [0.717, 1.165) is 18.8 Å². The minimum Gasteiger partial charge on any atom is -0.267 e. The molecule has 23 heavy (non-hydrogen) atoms. The second kappa shape index (κ2) is 5.65. The molecule has 2 atom stereocenters. The molecule has 1 aromatic carbocycles. The van der Waals surface area contributed by atoms with Crippen molar-refractivity contribution in [2.24, 2.45) is 5.92 Å². The summed E-state index contributed by atoms with van der Waals surface area (Å²) in [6.07, 6.45) is 5.09. The number of aryl methyl sites for hydroxylation is 1. The average molecular weight is 308 g/mol. The highest BCUT2D eigenvalue weighted by Gasteiger charge is 2.27. The van der Waals surface area contributed by atoms with Gasteiger partial charge in [0.25, 0.3) is 11.3 Å². The van der Waals surface area contributed by atoms with E-state index in [9.17, 15) is 4.79 Å². The summed E-state index contributed by atoms with van der Waals surface area (Å²) in [5, 5.41) is 0. The summed E-state index contributed by atoms with van der Waals surface area (Å²) in [7, 11) is 0. The van der Waals surface area contributed by atoms with Crippen molar-refractivity contribution in [1.29, 1.82) is 0 Å². The van der Waals surface area contributed by atoms with Crippen LogP contribution in [0.1, 0.15) is 36.6 Å². The number of hydrogen-bond donors (Lipinski definition) is 0. The van der Waals surface area contributed by atoms with E-state index < -0.39 is 0 Å². The van der Waals surface area contributed by atoms with Gasteiger partial charge >= 0.3 is 0 Å². The Morgan fingerprint density at radius 3 is 2.83 bits per heavy atom. The molecule has 0 saturated heterocycles. The van der Waals surface area contributed by atoms with E-state index in [1.807, 2.05) is 11.6 Å². The SMILES string of the molecule is Cc1nc2nccc(=O)n2n1C[C@@H]1CC[C@@H](c2ccccc2)C1. The number of aromatic nitrogens is 4. The number of nitrogens with zero attached hydrogens (tertiary/aromatic N) is 4. The lowest BCUT2D eigenvalue weighted by molar-refractivity contribution is 0.401. The first-order valence-electron chi connectivity index (χ1n) is 8.18. The quantitative estimate of drug-likeness (QED) is 0.747. The Morgan fingerprint density at radius 1 is 1.17 bits per heavy atom. The van der Waals surface area contributed by atoms with E-state index in [-0.39, 0.29) is 5.56 Å². The molecule has 0 aliphatic heterocycles. The molecule has 0 amide bonds. The van der Waals surface area contributed by atoms with Gasteiger partial charge in [-0.25, -0.2) is 4.98 Å². The van der Waals surface area contributed by atoms with Gasteiger partial charge in [0, 0.05) is 18.8 Å². The van der Waals surface area contributed by atoms with Crippen LogP contribution in [0.5, 0.6) is 0 Å². The predicted octanol–water partition coefficient (Wildman–Crippen LogP) is 2.78. The zero-order valence-corrected chi connectivity index (χ0v) is 13.2. The van der Waals surface area contributed by atoms with Gasteiger partial charge in [-0.15, -0.1) is 0 Å². The van der Waals surface area contributed by atoms with Crippen molar-refractivity contribution in [2.45, 2.75) is 38.6 Å². The van der Waals surface area contributed by atoms with Gasteiger partial charge in [0.1, 0.15) is 5.82 Å².